The second kappa shape index (κ2) is 8.70. The molecule has 2 rings (SSSR count). The van der Waals surface area contributed by atoms with E-state index >= 15 is 0 Å². The molecule has 2 aromatic carbocycles. The molecule has 2 N–H and O–H groups in total. The highest BCUT2D eigenvalue weighted by atomic mass is 16.5. The molecule has 0 atom stereocenters. The number of carbonyl (C=O) groups excluding carboxylic acids is 1. The van der Waals surface area contributed by atoms with Crippen molar-refractivity contribution in [2.45, 2.75) is 6.61 Å². The van der Waals surface area contributed by atoms with Crippen molar-refractivity contribution in [3.63, 3.8) is 0 Å². The molecule has 0 aliphatic rings. The minimum Gasteiger partial charge on any atom is -0.493 e. The molecule has 0 fully saturated rings. The molecule has 0 aliphatic heterocycles. The fourth-order valence-electron chi connectivity index (χ4n) is 2.28. The van der Waals surface area contributed by atoms with Gasteiger partial charge in [0, 0.05) is 11.1 Å². The smallest absolute Gasteiger partial charge is 0.271 e. The van der Waals surface area contributed by atoms with Crippen molar-refractivity contribution in [3.05, 3.63) is 53.1 Å². The van der Waals surface area contributed by atoms with Gasteiger partial charge in [-0.1, -0.05) is 18.2 Å². The van der Waals surface area contributed by atoms with Crippen molar-refractivity contribution >= 4 is 12.1 Å². The van der Waals surface area contributed by atoms with Gasteiger partial charge in [-0.05, 0) is 23.8 Å². The Hall–Kier alpha value is -3.06. The van der Waals surface area contributed by atoms with Crippen molar-refractivity contribution in [1.82, 2.24) is 5.43 Å². The number of benzene rings is 2. The lowest BCUT2D eigenvalue weighted by molar-refractivity contribution is 0.0952. The zero-order chi connectivity index (χ0) is 18.2. The van der Waals surface area contributed by atoms with Gasteiger partial charge in [-0.25, -0.2) is 5.43 Å². The molecule has 132 valence electrons. The predicted octanol–water partition coefficient (Wildman–Crippen LogP) is 1.97. The van der Waals surface area contributed by atoms with E-state index in [1.54, 1.807) is 36.4 Å². The average Bonchev–Trinajstić information content (AvgIpc) is 2.66. The molecule has 7 nitrogen and oxygen atoms in total. The number of nitrogens with one attached hydrogen (secondary N) is 1. The number of rotatable bonds is 7. The van der Waals surface area contributed by atoms with E-state index in [4.69, 9.17) is 14.2 Å². The number of amides is 1. The van der Waals surface area contributed by atoms with Gasteiger partial charge in [0.2, 0.25) is 5.75 Å². The summed E-state index contributed by atoms with van der Waals surface area (Å²) in [4.78, 5) is 12.2. The van der Waals surface area contributed by atoms with Gasteiger partial charge in [-0.15, -0.1) is 0 Å². The Balaban J connectivity index is 2.18. The second-order valence-corrected chi connectivity index (χ2v) is 4.97. The Morgan fingerprint density at radius 2 is 1.76 bits per heavy atom. The third kappa shape index (κ3) is 4.27. The minimum absolute atomic E-state index is 0.222. The lowest BCUT2D eigenvalue weighted by atomic mass is 10.1. The van der Waals surface area contributed by atoms with Crippen LogP contribution in [0, 0.1) is 0 Å². The zero-order valence-electron chi connectivity index (χ0n) is 14.3. The summed E-state index contributed by atoms with van der Waals surface area (Å²) in [5.41, 5.74) is 3.99. The summed E-state index contributed by atoms with van der Waals surface area (Å²) in [5.74, 6) is 1.04. The fraction of sp³-hybridized carbons (Fsp3) is 0.222. The summed E-state index contributed by atoms with van der Waals surface area (Å²) >= 11 is 0. The molecular weight excluding hydrogens is 324 g/mol. The van der Waals surface area contributed by atoms with E-state index in [2.05, 4.69) is 10.5 Å². The van der Waals surface area contributed by atoms with Crippen molar-refractivity contribution < 1.29 is 24.1 Å². The summed E-state index contributed by atoms with van der Waals surface area (Å²) in [6.45, 7) is -0.222. The molecule has 0 radical (unpaired) electrons. The van der Waals surface area contributed by atoms with Gasteiger partial charge in [0.25, 0.3) is 5.91 Å². The van der Waals surface area contributed by atoms with E-state index in [1.807, 2.05) is 0 Å². The summed E-state index contributed by atoms with van der Waals surface area (Å²) in [6.07, 6.45) is 1.46. The van der Waals surface area contributed by atoms with Crippen LogP contribution in [0.3, 0.4) is 0 Å². The Labute approximate surface area is 145 Å². The quantitative estimate of drug-likeness (QED) is 0.592. The van der Waals surface area contributed by atoms with Gasteiger partial charge in [-0.3, -0.25) is 4.79 Å². The summed E-state index contributed by atoms with van der Waals surface area (Å²) in [7, 11) is 4.56. The van der Waals surface area contributed by atoms with Gasteiger partial charge >= 0.3 is 0 Å². The largest absolute Gasteiger partial charge is 0.493 e. The third-order valence-corrected chi connectivity index (χ3v) is 3.50. The number of aliphatic hydroxyl groups excluding tert-OH is 1. The van der Waals surface area contributed by atoms with Crippen LogP contribution >= 0.6 is 0 Å². The zero-order valence-corrected chi connectivity index (χ0v) is 14.3. The number of hydrazone groups is 1. The number of aliphatic hydroxyl groups is 1. The van der Waals surface area contributed by atoms with E-state index in [-0.39, 0.29) is 6.61 Å². The molecule has 0 saturated carbocycles. The molecule has 0 saturated heterocycles. The highest BCUT2D eigenvalue weighted by molar-refractivity contribution is 5.96. The first-order valence-corrected chi connectivity index (χ1v) is 7.46. The molecule has 0 spiro atoms. The fourth-order valence-corrected chi connectivity index (χ4v) is 2.28. The van der Waals surface area contributed by atoms with Crippen LogP contribution in [0.15, 0.2) is 41.5 Å². The topological polar surface area (TPSA) is 89.4 Å². The van der Waals surface area contributed by atoms with Gasteiger partial charge in [0.1, 0.15) is 0 Å². The number of nitrogens with zero attached hydrogens (tertiary/aromatic N) is 1. The molecule has 0 unspecified atom stereocenters. The first-order chi connectivity index (χ1) is 12.1. The van der Waals surface area contributed by atoms with Crippen LogP contribution in [-0.2, 0) is 6.61 Å². The number of hydrogen-bond acceptors (Lipinski definition) is 6. The summed E-state index contributed by atoms with van der Waals surface area (Å²) in [5, 5.41) is 13.2. The third-order valence-electron chi connectivity index (χ3n) is 3.50. The first kappa shape index (κ1) is 18.3. The average molecular weight is 344 g/mol. The van der Waals surface area contributed by atoms with Gasteiger partial charge in [0.05, 0.1) is 34.2 Å². The van der Waals surface area contributed by atoms with E-state index in [0.29, 0.717) is 33.9 Å². The van der Waals surface area contributed by atoms with Gasteiger partial charge in [-0.2, -0.15) is 5.10 Å². The number of methoxy groups -OCH3 is 3. The molecule has 0 aliphatic carbocycles. The van der Waals surface area contributed by atoms with Gasteiger partial charge < -0.3 is 19.3 Å². The van der Waals surface area contributed by atoms with Crippen LogP contribution < -0.4 is 19.6 Å². The summed E-state index contributed by atoms with van der Waals surface area (Å²) < 4.78 is 15.8. The normalized spacial score (nSPS) is 10.6. The second-order valence-electron chi connectivity index (χ2n) is 4.97. The Kier molecular flexibility index (Phi) is 6.36. The van der Waals surface area contributed by atoms with Crippen LogP contribution in [0.2, 0.25) is 0 Å². The Morgan fingerprint density at radius 3 is 2.32 bits per heavy atom. The Morgan fingerprint density at radius 1 is 1.12 bits per heavy atom. The van der Waals surface area contributed by atoms with Crippen LogP contribution in [0.5, 0.6) is 17.2 Å². The number of ether oxygens (including phenoxy) is 3. The first-order valence-electron chi connectivity index (χ1n) is 7.46. The maximum atomic E-state index is 12.2. The van der Waals surface area contributed by atoms with E-state index in [9.17, 15) is 9.90 Å². The van der Waals surface area contributed by atoms with Crippen LogP contribution in [-0.4, -0.2) is 38.6 Å². The van der Waals surface area contributed by atoms with Crippen molar-refractivity contribution in [3.8, 4) is 17.2 Å². The molecule has 0 heterocycles. The van der Waals surface area contributed by atoms with Crippen molar-refractivity contribution in [1.29, 1.82) is 0 Å². The lowest BCUT2D eigenvalue weighted by Crippen LogP contribution is -2.19. The number of hydrogen-bond donors (Lipinski definition) is 2. The lowest BCUT2D eigenvalue weighted by Gasteiger charge is -2.12. The monoisotopic (exact) mass is 344 g/mol. The molecular formula is C18H20N2O5. The number of carbonyl (C=O) groups is 1. The molecule has 1 amide bonds. The molecule has 0 aromatic heterocycles. The van der Waals surface area contributed by atoms with Gasteiger partial charge in [0.15, 0.2) is 11.5 Å². The maximum Gasteiger partial charge on any atom is 0.271 e. The Bertz CT molecular complexity index is 749. The SMILES string of the molecule is COc1cc(/C=N/NC(=O)c2ccccc2CO)cc(OC)c1OC. The minimum atomic E-state index is -0.409. The van der Waals surface area contributed by atoms with Crippen LogP contribution in [0.1, 0.15) is 21.5 Å². The molecule has 7 heteroatoms. The van der Waals surface area contributed by atoms with Crippen LogP contribution in [0.4, 0.5) is 0 Å². The van der Waals surface area contributed by atoms with Crippen LogP contribution in [0.25, 0.3) is 0 Å². The van der Waals surface area contributed by atoms with Crippen molar-refractivity contribution in [2.75, 3.05) is 21.3 Å². The molecule has 25 heavy (non-hydrogen) atoms. The standard InChI is InChI=1S/C18H20N2O5/c1-23-15-8-12(9-16(24-2)17(15)25-3)10-19-20-18(22)14-7-5-4-6-13(14)11-21/h4-10,21H,11H2,1-3H3,(H,20,22)/b19-10+. The van der Waals surface area contributed by atoms with E-state index in [0.717, 1.165) is 0 Å². The predicted molar refractivity (Wildman–Crippen MR) is 93.5 cm³/mol. The highest BCUT2D eigenvalue weighted by Gasteiger charge is 2.13. The molecule has 0 bridgehead atoms. The maximum absolute atomic E-state index is 12.2. The van der Waals surface area contributed by atoms with E-state index < -0.39 is 5.91 Å². The van der Waals surface area contributed by atoms with Crippen molar-refractivity contribution in [2.24, 2.45) is 5.10 Å². The molecule has 2 aromatic rings. The highest BCUT2D eigenvalue weighted by Crippen LogP contribution is 2.37. The van der Waals surface area contributed by atoms with E-state index in [1.165, 1.54) is 27.5 Å². The summed E-state index contributed by atoms with van der Waals surface area (Å²) in [6, 6.07) is 10.2.